The summed E-state index contributed by atoms with van der Waals surface area (Å²) in [6.07, 6.45) is 7.22. The molecule has 1 amide bonds. The van der Waals surface area contributed by atoms with Crippen LogP contribution in [0.3, 0.4) is 0 Å². The van der Waals surface area contributed by atoms with Gasteiger partial charge in [0.2, 0.25) is 5.91 Å². The summed E-state index contributed by atoms with van der Waals surface area (Å²) in [5, 5.41) is 0. The maximum Gasteiger partial charge on any atom is 0.246 e. The Kier molecular flexibility index (Phi) is 10.1. The predicted octanol–water partition coefficient (Wildman–Crippen LogP) is 3.65. The van der Waals surface area contributed by atoms with Gasteiger partial charge in [-0.2, -0.15) is 0 Å². The number of amides is 1. The first-order chi connectivity index (χ1) is 7.65. The van der Waals surface area contributed by atoms with Gasteiger partial charge in [-0.15, -0.1) is 0 Å². The fourth-order valence-corrected chi connectivity index (χ4v) is 2.60. The van der Waals surface area contributed by atoms with Crippen molar-refractivity contribution in [2.75, 3.05) is 17.5 Å². The number of likely N-dealkylation sites (N-methyl/N-ethyl adjacent to an activating group) is 1. The lowest BCUT2D eigenvalue weighted by molar-refractivity contribution is -0.125. The second-order valence-corrected chi connectivity index (χ2v) is 5.15. The first-order valence-electron chi connectivity index (χ1n) is 6.17. The minimum absolute atomic E-state index is 0.145. The van der Waals surface area contributed by atoms with Crippen LogP contribution in [0.2, 0.25) is 0 Å². The maximum absolute atomic E-state index is 11.6. The lowest BCUT2D eigenvalue weighted by atomic mass is 10.0. The molecule has 0 saturated carbocycles. The van der Waals surface area contributed by atoms with Crippen LogP contribution in [-0.2, 0) is 4.79 Å². The van der Waals surface area contributed by atoms with E-state index in [0.717, 1.165) is 25.4 Å². The Morgan fingerprint density at radius 3 is 2.44 bits per heavy atom. The number of hydrogen-bond acceptors (Lipinski definition) is 1. The molecule has 0 radical (unpaired) electrons. The highest BCUT2D eigenvalue weighted by atomic mass is 127. The number of carbonyl (C=O) groups excluding carboxylic acids is 1. The summed E-state index contributed by atoms with van der Waals surface area (Å²) in [7, 11) is 0. The highest BCUT2D eigenvalue weighted by Gasteiger charge is 2.04. The Balaban J connectivity index is 3.79. The molecule has 0 fully saturated rings. The molecule has 0 saturated heterocycles. The quantitative estimate of drug-likeness (QED) is 0.376. The van der Waals surface area contributed by atoms with Crippen LogP contribution in [0, 0.1) is 5.92 Å². The minimum Gasteiger partial charge on any atom is -0.340 e. The van der Waals surface area contributed by atoms with Crippen molar-refractivity contribution in [1.29, 1.82) is 0 Å². The van der Waals surface area contributed by atoms with E-state index >= 15 is 0 Å². The number of allylic oxidation sites excluding steroid dienone is 1. The van der Waals surface area contributed by atoms with Crippen LogP contribution in [0.15, 0.2) is 12.2 Å². The molecule has 0 aliphatic rings. The maximum atomic E-state index is 11.6. The van der Waals surface area contributed by atoms with Gasteiger partial charge in [-0.25, -0.2) is 0 Å². The summed E-state index contributed by atoms with van der Waals surface area (Å²) in [5.41, 5.74) is 0. The molecule has 2 nitrogen and oxygen atoms in total. The molecule has 0 aromatic carbocycles. The van der Waals surface area contributed by atoms with Crippen LogP contribution < -0.4 is 0 Å². The van der Waals surface area contributed by atoms with Gasteiger partial charge >= 0.3 is 0 Å². The number of rotatable bonds is 8. The monoisotopic (exact) mass is 337 g/mol. The first kappa shape index (κ1) is 15.9. The van der Waals surface area contributed by atoms with Gasteiger partial charge in [-0.3, -0.25) is 4.79 Å². The highest BCUT2D eigenvalue weighted by molar-refractivity contribution is 14.1. The van der Waals surface area contributed by atoms with Crippen molar-refractivity contribution in [1.82, 2.24) is 4.90 Å². The second-order valence-electron chi connectivity index (χ2n) is 4.07. The van der Waals surface area contributed by atoms with Crippen molar-refractivity contribution in [3.8, 4) is 0 Å². The van der Waals surface area contributed by atoms with Gasteiger partial charge in [0.1, 0.15) is 0 Å². The molecule has 0 N–H and O–H groups in total. The Morgan fingerprint density at radius 1 is 1.31 bits per heavy atom. The van der Waals surface area contributed by atoms with Crippen molar-refractivity contribution < 1.29 is 4.79 Å². The van der Waals surface area contributed by atoms with Gasteiger partial charge < -0.3 is 4.90 Å². The lowest BCUT2D eigenvalue weighted by Crippen LogP contribution is -2.28. The molecule has 0 aromatic rings. The predicted molar refractivity (Wildman–Crippen MR) is 79.0 cm³/mol. The average Bonchev–Trinajstić information content (AvgIpc) is 2.26. The smallest absolute Gasteiger partial charge is 0.246 e. The van der Waals surface area contributed by atoms with E-state index in [2.05, 4.69) is 29.5 Å². The Morgan fingerprint density at radius 2 is 1.94 bits per heavy atom. The number of hydrogen-bond donors (Lipinski definition) is 0. The van der Waals surface area contributed by atoms with Crippen LogP contribution in [0.1, 0.15) is 40.0 Å². The third kappa shape index (κ3) is 7.25. The minimum atomic E-state index is 0.145. The molecular formula is C13H24INO. The van der Waals surface area contributed by atoms with Crippen LogP contribution in [0.4, 0.5) is 0 Å². The zero-order chi connectivity index (χ0) is 12.4. The van der Waals surface area contributed by atoms with Gasteiger partial charge in [0, 0.05) is 13.1 Å². The molecule has 1 unspecified atom stereocenters. The Hall–Kier alpha value is -0.0600. The zero-order valence-corrected chi connectivity index (χ0v) is 12.9. The molecule has 0 aliphatic heterocycles. The van der Waals surface area contributed by atoms with E-state index in [9.17, 15) is 4.79 Å². The number of carbonyl (C=O) groups is 1. The van der Waals surface area contributed by atoms with Crippen molar-refractivity contribution in [2.45, 2.75) is 40.0 Å². The second kappa shape index (κ2) is 10.1. The van der Waals surface area contributed by atoms with E-state index in [1.54, 1.807) is 6.08 Å². The molecule has 94 valence electrons. The van der Waals surface area contributed by atoms with E-state index in [1.807, 2.05) is 24.8 Å². The SMILES string of the molecule is CCN(CC)C(=O)/C=C/CCC(C)CCI. The van der Waals surface area contributed by atoms with E-state index in [4.69, 9.17) is 0 Å². The van der Waals surface area contributed by atoms with Gasteiger partial charge in [0.05, 0.1) is 0 Å². The van der Waals surface area contributed by atoms with Gasteiger partial charge in [-0.1, -0.05) is 35.6 Å². The third-order valence-corrected chi connectivity index (χ3v) is 3.39. The van der Waals surface area contributed by atoms with Crippen molar-refractivity contribution in [3.63, 3.8) is 0 Å². The molecule has 0 rings (SSSR count). The standard InChI is InChI=1S/C13H24INO/c1-4-15(5-2)13(16)9-7-6-8-12(3)10-11-14/h7,9,12H,4-6,8,10-11H2,1-3H3/b9-7+. The summed E-state index contributed by atoms with van der Waals surface area (Å²) < 4.78 is 1.22. The van der Waals surface area contributed by atoms with Crippen LogP contribution >= 0.6 is 22.6 Å². The Labute approximate surface area is 114 Å². The number of alkyl halides is 1. The van der Waals surface area contributed by atoms with E-state index in [0.29, 0.717) is 0 Å². The molecule has 0 aliphatic carbocycles. The van der Waals surface area contributed by atoms with Crippen molar-refractivity contribution in [2.24, 2.45) is 5.92 Å². The van der Waals surface area contributed by atoms with Crippen LogP contribution in [0.5, 0.6) is 0 Å². The number of halogens is 1. The van der Waals surface area contributed by atoms with Gasteiger partial charge in [-0.05, 0) is 49.5 Å². The van der Waals surface area contributed by atoms with Gasteiger partial charge in [0.25, 0.3) is 0 Å². The summed E-state index contributed by atoms with van der Waals surface area (Å²) in [6.45, 7) is 7.89. The molecule has 0 heterocycles. The lowest BCUT2D eigenvalue weighted by Gasteiger charge is -2.15. The van der Waals surface area contributed by atoms with Crippen LogP contribution in [0.25, 0.3) is 0 Å². The molecule has 16 heavy (non-hydrogen) atoms. The molecule has 3 heteroatoms. The number of nitrogens with zero attached hydrogens (tertiary/aromatic N) is 1. The third-order valence-electron chi connectivity index (χ3n) is 2.76. The summed E-state index contributed by atoms with van der Waals surface area (Å²) >= 11 is 2.41. The molecule has 0 spiro atoms. The molecular weight excluding hydrogens is 313 g/mol. The largest absolute Gasteiger partial charge is 0.340 e. The topological polar surface area (TPSA) is 20.3 Å². The van der Waals surface area contributed by atoms with Crippen LogP contribution in [-0.4, -0.2) is 28.3 Å². The highest BCUT2D eigenvalue weighted by Crippen LogP contribution is 2.12. The van der Waals surface area contributed by atoms with Gasteiger partial charge in [0.15, 0.2) is 0 Å². The fraction of sp³-hybridized carbons (Fsp3) is 0.769. The van der Waals surface area contributed by atoms with Crippen molar-refractivity contribution >= 4 is 28.5 Å². The first-order valence-corrected chi connectivity index (χ1v) is 7.69. The molecule has 0 aromatic heterocycles. The summed E-state index contributed by atoms with van der Waals surface area (Å²) in [6, 6.07) is 0. The normalized spacial score (nSPS) is 13.0. The average molecular weight is 337 g/mol. The van der Waals surface area contributed by atoms with Crippen molar-refractivity contribution in [3.05, 3.63) is 12.2 Å². The van der Waals surface area contributed by atoms with E-state index in [1.165, 1.54) is 17.3 Å². The molecule has 0 bridgehead atoms. The summed E-state index contributed by atoms with van der Waals surface area (Å²) in [5.74, 6) is 0.914. The fourth-order valence-electron chi connectivity index (χ4n) is 1.54. The summed E-state index contributed by atoms with van der Waals surface area (Å²) in [4.78, 5) is 13.5. The van der Waals surface area contributed by atoms with E-state index in [-0.39, 0.29) is 5.91 Å². The van der Waals surface area contributed by atoms with E-state index < -0.39 is 0 Å². The zero-order valence-electron chi connectivity index (χ0n) is 10.7. The Bertz CT molecular complexity index is 212. The molecule has 1 atom stereocenters.